The summed E-state index contributed by atoms with van der Waals surface area (Å²) in [4.78, 5) is 32.3. The van der Waals surface area contributed by atoms with Crippen LogP contribution in [0.2, 0.25) is 0 Å². The minimum Gasteiger partial charge on any atom is -0.317 e. The lowest BCUT2D eigenvalue weighted by Gasteiger charge is -2.28. The van der Waals surface area contributed by atoms with E-state index in [-0.39, 0.29) is 11.7 Å². The van der Waals surface area contributed by atoms with Crippen molar-refractivity contribution in [3.63, 3.8) is 0 Å². The van der Waals surface area contributed by atoms with Crippen molar-refractivity contribution < 1.29 is 14.4 Å². The van der Waals surface area contributed by atoms with Gasteiger partial charge in [-0.05, 0) is 30.2 Å². The normalized spacial score (nSPS) is 20.0. The number of Topliss-reactive ketones (excluding diaryl/α,β-unsaturated/α-hetero) is 1. The Bertz CT molecular complexity index is 936. The molecular weight excluding hydrogens is 330 g/mol. The summed E-state index contributed by atoms with van der Waals surface area (Å²) < 4.78 is 0. The summed E-state index contributed by atoms with van der Waals surface area (Å²) >= 11 is 0. The number of fused-ring (bicyclic) bond motifs is 1. The van der Waals surface area contributed by atoms with E-state index in [1.165, 1.54) is 0 Å². The zero-order valence-corrected chi connectivity index (χ0v) is 14.2. The van der Waals surface area contributed by atoms with Crippen LogP contribution in [0, 0.1) is 11.8 Å². The lowest BCUT2D eigenvalue weighted by atomic mass is 9.75. The molecule has 2 aromatic carbocycles. The van der Waals surface area contributed by atoms with Crippen LogP contribution >= 0.6 is 0 Å². The van der Waals surface area contributed by atoms with Gasteiger partial charge in [-0.15, -0.1) is 5.10 Å². The molecule has 2 atom stereocenters. The Balaban J connectivity index is 1.56. The number of hydrogen-bond acceptors (Lipinski definition) is 5. The fraction of sp³-hybridized carbons (Fsp3) is 0.300. The van der Waals surface area contributed by atoms with E-state index in [9.17, 15) is 9.59 Å². The van der Waals surface area contributed by atoms with Crippen molar-refractivity contribution in [1.29, 1.82) is 0 Å². The average molecular weight is 349 g/mol. The predicted octanol–water partition coefficient (Wildman–Crippen LogP) is 3.08. The van der Waals surface area contributed by atoms with Gasteiger partial charge < -0.3 is 4.84 Å². The van der Waals surface area contributed by atoms with Crippen molar-refractivity contribution >= 4 is 22.8 Å². The Kier molecular flexibility index (Phi) is 4.48. The molecule has 1 aromatic heterocycles. The van der Waals surface area contributed by atoms with Gasteiger partial charge in [-0.2, -0.15) is 0 Å². The summed E-state index contributed by atoms with van der Waals surface area (Å²) in [5, 5.41) is 7.88. The highest BCUT2D eigenvalue weighted by Crippen LogP contribution is 2.33. The quantitative estimate of drug-likeness (QED) is 0.534. The van der Waals surface area contributed by atoms with Crippen molar-refractivity contribution in [2.45, 2.75) is 25.7 Å². The van der Waals surface area contributed by atoms with Crippen molar-refractivity contribution in [2.24, 2.45) is 11.8 Å². The van der Waals surface area contributed by atoms with E-state index in [1.807, 2.05) is 30.3 Å². The highest BCUT2D eigenvalue weighted by Gasteiger charge is 2.37. The molecule has 0 spiro atoms. The molecule has 1 aliphatic carbocycles. The molecule has 1 fully saturated rings. The molecular formula is C20H19N3O3. The first-order valence-electron chi connectivity index (χ1n) is 8.86. The number of nitrogens with zero attached hydrogens (tertiary/aromatic N) is 3. The third-order valence-corrected chi connectivity index (χ3v) is 4.96. The standard InChI is InChI=1S/C20H19N3O3/c24-19(14-8-2-1-3-9-14)15-10-4-5-11-16(15)20(25)26-23-18-13-7-6-12-17(18)21-22-23/h1-3,6-9,12-13,15-16H,4-5,10-11H2/t15-,16+/m0/s1. The molecule has 0 amide bonds. The molecule has 1 saturated carbocycles. The molecule has 132 valence electrons. The summed E-state index contributed by atoms with van der Waals surface area (Å²) in [5.74, 6) is -1.22. The summed E-state index contributed by atoms with van der Waals surface area (Å²) in [6.45, 7) is 0. The zero-order valence-electron chi connectivity index (χ0n) is 14.2. The molecule has 0 saturated heterocycles. The minimum absolute atomic E-state index is 0.00991. The van der Waals surface area contributed by atoms with Crippen LogP contribution in [0.15, 0.2) is 54.6 Å². The van der Waals surface area contributed by atoms with Crippen molar-refractivity contribution in [2.75, 3.05) is 0 Å². The maximum atomic E-state index is 12.9. The largest absolute Gasteiger partial charge is 0.338 e. The summed E-state index contributed by atoms with van der Waals surface area (Å²) in [7, 11) is 0. The Morgan fingerprint density at radius 2 is 1.62 bits per heavy atom. The molecule has 0 unspecified atom stereocenters. The Labute approximate surface area is 150 Å². The SMILES string of the molecule is O=C(c1ccccc1)[C@H]1CCCC[C@H]1C(=O)On1nnc2ccccc21. The second-order valence-corrected chi connectivity index (χ2v) is 6.59. The summed E-state index contributed by atoms with van der Waals surface area (Å²) in [6.07, 6.45) is 3.20. The van der Waals surface area contributed by atoms with Gasteiger partial charge in [0.25, 0.3) is 0 Å². The van der Waals surface area contributed by atoms with E-state index in [0.717, 1.165) is 17.7 Å². The Hall–Kier alpha value is -3.02. The average Bonchev–Trinajstić information content (AvgIpc) is 3.11. The van der Waals surface area contributed by atoms with E-state index in [0.29, 0.717) is 29.4 Å². The van der Waals surface area contributed by atoms with Crippen LogP contribution in [0.3, 0.4) is 0 Å². The maximum absolute atomic E-state index is 12.9. The predicted molar refractivity (Wildman–Crippen MR) is 95.3 cm³/mol. The molecule has 6 nitrogen and oxygen atoms in total. The molecule has 3 aromatic rings. The molecule has 0 radical (unpaired) electrons. The van der Waals surface area contributed by atoms with E-state index in [2.05, 4.69) is 10.3 Å². The number of benzene rings is 2. The smallest absolute Gasteiger partial charge is 0.317 e. The molecule has 0 aliphatic heterocycles. The third kappa shape index (κ3) is 3.10. The topological polar surface area (TPSA) is 74.1 Å². The van der Waals surface area contributed by atoms with Gasteiger partial charge in [0, 0.05) is 11.5 Å². The van der Waals surface area contributed by atoms with Gasteiger partial charge in [-0.25, -0.2) is 4.79 Å². The second-order valence-electron chi connectivity index (χ2n) is 6.59. The van der Waals surface area contributed by atoms with Gasteiger partial charge in [0.1, 0.15) is 11.0 Å². The highest BCUT2D eigenvalue weighted by atomic mass is 16.7. The summed E-state index contributed by atoms with van der Waals surface area (Å²) in [5.41, 5.74) is 1.92. The first-order chi connectivity index (χ1) is 12.7. The first-order valence-corrected chi connectivity index (χ1v) is 8.86. The number of hydrogen-bond donors (Lipinski definition) is 0. The van der Waals surface area contributed by atoms with E-state index < -0.39 is 11.9 Å². The number of rotatable bonds is 4. The van der Waals surface area contributed by atoms with Gasteiger partial charge in [-0.3, -0.25) is 4.79 Å². The molecule has 1 heterocycles. The lowest BCUT2D eigenvalue weighted by Crippen LogP contribution is -2.38. The van der Waals surface area contributed by atoms with Crippen LogP contribution in [0.25, 0.3) is 11.0 Å². The van der Waals surface area contributed by atoms with Gasteiger partial charge >= 0.3 is 5.97 Å². The minimum atomic E-state index is -0.459. The maximum Gasteiger partial charge on any atom is 0.338 e. The van der Waals surface area contributed by atoms with Gasteiger partial charge in [0.15, 0.2) is 5.78 Å². The molecule has 4 rings (SSSR count). The van der Waals surface area contributed by atoms with E-state index in [1.54, 1.807) is 24.3 Å². The molecule has 0 bridgehead atoms. The van der Waals surface area contributed by atoms with Gasteiger partial charge in [0.05, 0.1) is 5.92 Å². The Morgan fingerprint density at radius 1 is 0.923 bits per heavy atom. The van der Waals surface area contributed by atoms with Crippen LogP contribution < -0.4 is 4.84 Å². The van der Waals surface area contributed by atoms with E-state index >= 15 is 0 Å². The molecule has 6 heteroatoms. The molecule has 1 aliphatic rings. The van der Waals surface area contributed by atoms with Crippen molar-refractivity contribution in [1.82, 2.24) is 15.2 Å². The number of ketones is 1. The first kappa shape index (κ1) is 16.4. The molecule has 0 N–H and O–H groups in total. The van der Waals surface area contributed by atoms with Crippen LogP contribution in [-0.2, 0) is 4.79 Å². The fourth-order valence-electron chi connectivity index (χ4n) is 3.61. The zero-order chi connectivity index (χ0) is 17.9. The monoisotopic (exact) mass is 349 g/mol. The van der Waals surface area contributed by atoms with Crippen LogP contribution in [0.4, 0.5) is 0 Å². The molecule has 26 heavy (non-hydrogen) atoms. The van der Waals surface area contributed by atoms with Crippen molar-refractivity contribution in [3.05, 3.63) is 60.2 Å². The van der Waals surface area contributed by atoms with Crippen LogP contribution in [0.5, 0.6) is 0 Å². The highest BCUT2D eigenvalue weighted by molar-refractivity contribution is 6.00. The van der Waals surface area contributed by atoms with E-state index in [4.69, 9.17) is 4.84 Å². The van der Waals surface area contributed by atoms with Gasteiger partial charge in [-0.1, -0.05) is 60.2 Å². The Morgan fingerprint density at radius 3 is 2.42 bits per heavy atom. The third-order valence-electron chi connectivity index (χ3n) is 4.96. The number of carbonyl (C=O) groups is 2. The van der Waals surface area contributed by atoms with Crippen LogP contribution in [0.1, 0.15) is 36.0 Å². The van der Waals surface area contributed by atoms with Gasteiger partial charge in [0.2, 0.25) is 0 Å². The number of para-hydroxylation sites is 1. The van der Waals surface area contributed by atoms with Crippen molar-refractivity contribution in [3.8, 4) is 0 Å². The second kappa shape index (κ2) is 7.07. The number of carbonyl (C=O) groups excluding carboxylic acids is 2. The summed E-state index contributed by atoms with van der Waals surface area (Å²) in [6, 6.07) is 16.4. The fourth-order valence-corrected chi connectivity index (χ4v) is 3.61. The number of aromatic nitrogens is 3. The van der Waals surface area contributed by atoms with Crippen LogP contribution in [-0.4, -0.2) is 26.9 Å². The lowest BCUT2D eigenvalue weighted by molar-refractivity contribution is -0.152.